The van der Waals surface area contributed by atoms with Crippen LogP contribution >= 0.6 is 0 Å². The van der Waals surface area contributed by atoms with Gasteiger partial charge in [0, 0.05) is 12.6 Å². The maximum absolute atomic E-state index is 3.54. The van der Waals surface area contributed by atoms with Gasteiger partial charge in [-0.25, -0.2) is 0 Å². The van der Waals surface area contributed by atoms with Gasteiger partial charge in [0.05, 0.1) is 0 Å². The van der Waals surface area contributed by atoms with E-state index in [0.29, 0.717) is 5.41 Å². The fourth-order valence-corrected chi connectivity index (χ4v) is 3.11. The maximum Gasteiger partial charge on any atom is 0.00418 e. The molecule has 2 rings (SSSR count). The van der Waals surface area contributed by atoms with Crippen LogP contribution in [0.2, 0.25) is 0 Å². The highest BCUT2D eigenvalue weighted by Crippen LogP contribution is 2.30. The Morgan fingerprint density at radius 3 is 2.56 bits per heavy atom. The van der Waals surface area contributed by atoms with Crippen LogP contribution in [0.15, 0.2) is 0 Å². The fraction of sp³-hybridized carbons (Fsp3) is 1.00. The number of likely N-dealkylation sites (tertiary alicyclic amines) is 1. The van der Waals surface area contributed by atoms with Gasteiger partial charge in [0.2, 0.25) is 0 Å². The summed E-state index contributed by atoms with van der Waals surface area (Å²) in [5.74, 6) is 0.942. The molecule has 0 amide bonds. The van der Waals surface area contributed by atoms with Gasteiger partial charge in [-0.3, -0.25) is 0 Å². The van der Waals surface area contributed by atoms with Crippen LogP contribution in [0.25, 0.3) is 0 Å². The molecular weight excluding hydrogens is 196 g/mol. The predicted molar refractivity (Wildman–Crippen MR) is 69.6 cm³/mol. The SMILES string of the molecule is CC1CC(CN2CCC(C)(C)CC2)CCN1. The first-order valence-corrected chi connectivity index (χ1v) is 7.01. The van der Waals surface area contributed by atoms with Crippen LogP contribution in [-0.2, 0) is 0 Å². The molecule has 2 heteroatoms. The van der Waals surface area contributed by atoms with E-state index in [1.165, 1.54) is 51.9 Å². The molecule has 1 N–H and O–H groups in total. The average molecular weight is 224 g/mol. The topological polar surface area (TPSA) is 15.3 Å². The molecule has 0 radical (unpaired) electrons. The van der Waals surface area contributed by atoms with Crippen LogP contribution in [-0.4, -0.2) is 37.1 Å². The first-order valence-electron chi connectivity index (χ1n) is 7.01. The Morgan fingerprint density at radius 1 is 1.25 bits per heavy atom. The normalized spacial score (nSPS) is 36.2. The van der Waals surface area contributed by atoms with Gasteiger partial charge in [0.15, 0.2) is 0 Å². The summed E-state index contributed by atoms with van der Waals surface area (Å²) in [5, 5.41) is 3.54. The van der Waals surface area contributed by atoms with Crippen LogP contribution in [0.3, 0.4) is 0 Å². The minimum atomic E-state index is 0.595. The van der Waals surface area contributed by atoms with Crippen molar-refractivity contribution in [3.8, 4) is 0 Å². The Labute approximate surface area is 101 Å². The number of nitrogens with zero attached hydrogens (tertiary/aromatic N) is 1. The summed E-state index contributed by atoms with van der Waals surface area (Å²) >= 11 is 0. The third-order valence-electron chi connectivity index (χ3n) is 4.46. The smallest absolute Gasteiger partial charge is 0.00418 e. The quantitative estimate of drug-likeness (QED) is 0.775. The van der Waals surface area contributed by atoms with E-state index >= 15 is 0 Å². The first kappa shape index (κ1) is 12.4. The lowest BCUT2D eigenvalue weighted by Crippen LogP contribution is -2.44. The van der Waals surface area contributed by atoms with Gasteiger partial charge < -0.3 is 10.2 Å². The van der Waals surface area contributed by atoms with Crippen molar-refractivity contribution < 1.29 is 0 Å². The molecule has 2 saturated heterocycles. The lowest BCUT2D eigenvalue weighted by molar-refractivity contribution is 0.106. The second-order valence-corrected chi connectivity index (χ2v) is 6.71. The van der Waals surface area contributed by atoms with Crippen molar-refractivity contribution in [1.29, 1.82) is 0 Å². The van der Waals surface area contributed by atoms with Crippen molar-refractivity contribution >= 4 is 0 Å². The molecule has 0 saturated carbocycles. The molecule has 2 atom stereocenters. The molecule has 2 aliphatic rings. The van der Waals surface area contributed by atoms with Crippen molar-refractivity contribution in [2.75, 3.05) is 26.2 Å². The van der Waals surface area contributed by atoms with E-state index in [9.17, 15) is 0 Å². The molecule has 0 bridgehead atoms. The van der Waals surface area contributed by atoms with Gasteiger partial charge in [-0.15, -0.1) is 0 Å². The van der Waals surface area contributed by atoms with E-state index in [0.717, 1.165) is 12.0 Å². The molecule has 2 nitrogen and oxygen atoms in total. The fourth-order valence-electron chi connectivity index (χ4n) is 3.11. The van der Waals surface area contributed by atoms with Crippen LogP contribution in [0.1, 0.15) is 46.5 Å². The van der Waals surface area contributed by atoms with Crippen LogP contribution in [0.4, 0.5) is 0 Å². The zero-order chi connectivity index (χ0) is 11.6. The second-order valence-electron chi connectivity index (χ2n) is 6.71. The molecule has 0 aromatic carbocycles. The number of hydrogen-bond donors (Lipinski definition) is 1. The molecule has 0 aliphatic carbocycles. The molecule has 0 aromatic heterocycles. The molecule has 2 heterocycles. The van der Waals surface area contributed by atoms with Crippen molar-refractivity contribution in [3.63, 3.8) is 0 Å². The molecular formula is C14H28N2. The van der Waals surface area contributed by atoms with Crippen LogP contribution < -0.4 is 5.32 Å². The molecule has 94 valence electrons. The van der Waals surface area contributed by atoms with Crippen LogP contribution in [0, 0.1) is 11.3 Å². The Kier molecular flexibility index (Phi) is 3.91. The molecule has 0 spiro atoms. The van der Waals surface area contributed by atoms with E-state index in [2.05, 4.69) is 31.0 Å². The first-order chi connectivity index (χ1) is 7.55. The minimum Gasteiger partial charge on any atom is -0.314 e. The highest BCUT2D eigenvalue weighted by atomic mass is 15.1. The molecule has 2 fully saturated rings. The summed E-state index contributed by atoms with van der Waals surface area (Å²) in [6.07, 6.45) is 5.52. The van der Waals surface area contributed by atoms with Gasteiger partial charge in [-0.05, 0) is 63.6 Å². The van der Waals surface area contributed by atoms with Crippen molar-refractivity contribution in [2.45, 2.75) is 52.5 Å². The maximum atomic E-state index is 3.54. The standard InChI is InChI=1S/C14H28N2/c1-12-10-13(4-7-15-12)11-16-8-5-14(2,3)6-9-16/h12-13,15H,4-11H2,1-3H3. The predicted octanol–water partition coefficient (Wildman–Crippen LogP) is 2.50. The molecule has 2 aliphatic heterocycles. The highest BCUT2D eigenvalue weighted by Gasteiger charge is 2.27. The second kappa shape index (κ2) is 5.05. The Morgan fingerprint density at radius 2 is 1.94 bits per heavy atom. The molecule has 2 unspecified atom stereocenters. The number of rotatable bonds is 2. The Balaban J connectivity index is 1.74. The summed E-state index contributed by atoms with van der Waals surface area (Å²) < 4.78 is 0. The van der Waals surface area contributed by atoms with E-state index in [4.69, 9.17) is 0 Å². The summed E-state index contributed by atoms with van der Waals surface area (Å²) in [5.41, 5.74) is 0.595. The minimum absolute atomic E-state index is 0.595. The van der Waals surface area contributed by atoms with Gasteiger partial charge in [-0.2, -0.15) is 0 Å². The Hall–Kier alpha value is -0.0800. The number of piperidine rings is 2. The average Bonchev–Trinajstić information content (AvgIpc) is 2.21. The van der Waals surface area contributed by atoms with E-state index in [-0.39, 0.29) is 0 Å². The van der Waals surface area contributed by atoms with Gasteiger partial charge in [0.25, 0.3) is 0 Å². The van der Waals surface area contributed by atoms with Crippen molar-refractivity contribution in [2.24, 2.45) is 11.3 Å². The summed E-state index contributed by atoms with van der Waals surface area (Å²) in [4.78, 5) is 2.70. The third kappa shape index (κ3) is 3.46. The summed E-state index contributed by atoms with van der Waals surface area (Å²) in [6, 6.07) is 0.736. The van der Waals surface area contributed by atoms with E-state index in [1.807, 2.05) is 0 Å². The lowest BCUT2D eigenvalue weighted by Gasteiger charge is -2.39. The monoisotopic (exact) mass is 224 g/mol. The zero-order valence-corrected chi connectivity index (χ0v) is 11.3. The number of hydrogen-bond acceptors (Lipinski definition) is 2. The molecule has 0 aromatic rings. The van der Waals surface area contributed by atoms with Gasteiger partial charge >= 0.3 is 0 Å². The van der Waals surface area contributed by atoms with E-state index in [1.54, 1.807) is 0 Å². The summed E-state index contributed by atoms with van der Waals surface area (Å²) in [7, 11) is 0. The van der Waals surface area contributed by atoms with Crippen molar-refractivity contribution in [3.05, 3.63) is 0 Å². The van der Waals surface area contributed by atoms with Gasteiger partial charge in [0.1, 0.15) is 0 Å². The van der Waals surface area contributed by atoms with E-state index < -0.39 is 0 Å². The third-order valence-corrected chi connectivity index (χ3v) is 4.46. The highest BCUT2D eigenvalue weighted by molar-refractivity contribution is 4.82. The number of nitrogens with one attached hydrogen (secondary N) is 1. The zero-order valence-electron chi connectivity index (χ0n) is 11.3. The largest absolute Gasteiger partial charge is 0.314 e. The summed E-state index contributed by atoms with van der Waals surface area (Å²) in [6.45, 7) is 12.4. The lowest BCUT2D eigenvalue weighted by atomic mass is 9.82. The van der Waals surface area contributed by atoms with Crippen LogP contribution in [0.5, 0.6) is 0 Å². The van der Waals surface area contributed by atoms with Crippen molar-refractivity contribution in [1.82, 2.24) is 10.2 Å². The van der Waals surface area contributed by atoms with Gasteiger partial charge in [-0.1, -0.05) is 13.8 Å². The Bertz CT molecular complexity index is 215. The molecule has 16 heavy (non-hydrogen) atoms.